The van der Waals surface area contributed by atoms with Crippen molar-refractivity contribution in [2.24, 2.45) is 0 Å². The van der Waals surface area contributed by atoms with E-state index in [0.717, 1.165) is 11.0 Å². The molecule has 3 rings (SSSR count). The van der Waals surface area contributed by atoms with Crippen molar-refractivity contribution in [3.05, 3.63) is 22.7 Å². The number of carbonyl (C=O) groups is 1. The van der Waals surface area contributed by atoms with E-state index in [0.29, 0.717) is 17.3 Å². The van der Waals surface area contributed by atoms with Crippen molar-refractivity contribution < 1.29 is 14.1 Å². The molecule has 0 aromatic heterocycles. The summed E-state index contributed by atoms with van der Waals surface area (Å²) in [5.74, 6) is 0. The van der Waals surface area contributed by atoms with Gasteiger partial charge in [-0.2, -0.15) is 0 Å². The van der Waals surface area contributed by atoms with Crippen molar-refractivity contribution in [1.29, 1.82) is 0 Å². The van der Waals surface area contributed by atoms with Crippen LogP contribution in [0, 0.1) is 0 Å². The monoisotopic (exact) mass is 308 g/mol. The molecule has 0 saturated carbocycles. The van der Waals surface area contributed by atoms with Gasteiger partial charge in [0.15, 0.2) is 0 Å². The predicted molar refractivity (Wildman–Crippen MR) is 83.0 cm³/mol. The van der Waals surface area contributed by atoms with Gasteiger partial charge in [0.1, 0.15) is 0 Å². The first kappa shape index (κ1) is 14.7. The third kappa shape index (κ3) is 2.31. The van der Waals surface area contributed by atoms with Crippen LogP contribution in [0.4, 0.5) is 10.5 Å². The number of hydrogen-bond donors (Lipinski definition) is 2. The molecule has 2 aliphatic rings. The van der Waals surface area contributed by atoms with E-state index in [1.54, 1.807) is 6.07 Å². The predicted octanol–water partition coefficient (Wildman–Crippen LogP) is 2.27. The molecule has 0 aliphatic carbocycles. The molecule has 0 unspecified atom stereocenters. The summed E-state index contributed by atoms with van der Waals surface area (Å²) in [4.78, 5) is 11.5. The molecule has 1 aromatic carbocycles. The second-order valence-corrected chi connectivity index (χ2v) is 6.79. The number of rotatable bonds is 1. The average Bonchev–Trinajstić information content (AvgIpc) is 2.59. The lowest BCUT2D eigenvalue weighted by molar-refractivity contribution is 0.00578. The molecular weight excluding hydrogens is 290 g/mol. The molecule has 0 radical (unpaired) electrons. The Kier molecular flexibility index (Phi) is 3.24. The number of fused-ring (bicyclic) bond motifs is 1. The summed E-state index contributed by atoms with van der Waals surface area (Å²) in [6.07, 6.45) is 0. The van der Waals surface area contributed by atoms with Gasteiger partial charge in [-0.25, -0.2) is 4.79 Å². The largest absolute Gasteiger partial charge is 0.495 e. The number of nitrogens with one attached hydrogen (secondary N) is 2. The Morgan fingerprint density at radius 3 is 2.43 bits per heavy atom. The van der Waals surface area contributed by atoms with Gasteiger partial charge in [-0.15, -0.1) is 0 Å². The Labute approximate surface area is 129 Å². The first-order valence-electron chi connectivity index (χ1n) is 6.93. The second kappa shape index (κ2) is 4.63. The molecule has 0 atom stereocenters. The molecule has 1 aromatic rings. The van der Waals surface area contributed by atoms with Gasteiger partial charge in [0.2, 0.25) is 0 Å². The maximum atomic E-state index is 11.5. The van der Waals surface area contributed by atoms with E-state index >= 15 is 0 Å². The minimum atomic E-state index is -0.474. The highest BCUT2D eigenvalue weighted by Gasteiger charge is 2.52. The minimum Gasteiger partial charge on any atom is -0.399 e. The van der Waals surface area contributed by atoms with Crippen LogP contribution < -0.4 is 16.1 Å². The lowest BCUT2D eigenvalue weighted by atomic mass is 9.75. The Hall–Kier alpha value is -1.24. The van der Waals surface area contributed by atoms with Crippen LogP contribution in [0.3, 0.4) is 0 Å². The van der Waals surface area contributed by atoms with Crippen molar-refractivity contribution in [3.8, 4) is 0 Å². The highest BCUT2D eigenvalue weighted by molar-refractivity contribution is 6.63. The zero-order valence-electron chi connectivity index (χ0n) is 12.5. The highest BCUT2D eigenvalue weighted by atomic mass is 35.5. The fraction of sp³-hybridized carbons (Fsp3) is 0.500. The molecule has 7 heteroatoms. The van der Waals surface area contributed by atoms with Crippen LogP contribution in [-0.2, 0) is 15.9 Å². The third-order valence-corrected chi connectivity index (χ3v) is 4.78. The summed E-state index contributed by atoms with van der Waals surface area (Å²) in [5, 5.41) is 6.01. The first-order valence-corrected chi connectivity index (χ1v) is 7.31. The maximum absolute atomic E-state index is 11.5. The molecule has 2 heterocycles. The van der Waals surface area contributed by atoms with E-state index in [2.05, 4.69) is 10.6 Å². The standard InChI is InChI=1S/C14H18BClN2O3/c1-13(2)14(3,4)21-15(20-13)9-5-6-10(16)11-8(9)7-17-12(19)18-11/h5-6H,7H2,1-4H3,(H2,17,18,19). The molecule has 112 valence electrons. The molecule has 2 N–H and O–H groups in total. The molecule has 0 bridgehead atoms. The fourth-order valence-electron chi connectivity index (χ4n) is 2.48. The lowest BCUT2D eigenvalue weighted by Gasteiger charge is -2.32. The van der Waals surface area contributed by atoms with Crippen molar-refractivity contribution in [1.82, 2.24) is 5.32 Å². The first-order chi connectivity index (χ1) is 9.71. The highest BCUT2D eigenvalue weighted by Crippen LogP contribution is 2.37. The van der Waals surface area contributed by atoms with Crippen molar-refractivity contribution in [3.63, 3.8) is 0 Å². The van der Waals surface area contributed by atoms with E-state index in [9.17, 15) is 4.79 Å². The number of amides is 2. The van der Waals surface area contributed by atoms with E-state index in [1.165, 1.54) is 0 Å². The van der Waals surface area contributed by atoms with Gasteiger partial charge in [0.05, 0.1) is 21.9 Å². The van der Waals surface area contributed by atoms with Crippen molar-refractivity contribution in [2.45, 2.75) is 45.4 Å². The van der Waals surface area contributed by atoms with Gasteiger partial charge >= 0.3 is 13.1 Å². The summed E-state index contributed by atoms with van der Waals surface area (Å²) in [7, 11) is -0.474. The van der Waals surface area contributed by atoms with E-state index in [-0.39, 0.29) is 6.03 Å². The number of benzene rings is 1. The van der Waals surface area contributed by atoms with Crippen LogP contribution in [0.25, 0.3) is 0 Å². The summed E-state index contributed by atoms with van der Waals surface area (Å²) in [6, 6.07) is 3.39. The number of carbonyl (C=O) groups excluding carboxylic acids is 1. The molecule has 0 spiro atoms. The van der Waals surface area contributed by atoms with Crippen LogP contribution in [0.2, 0.25) is 5.02 Å². The van der Waals surface area contributed by atoms with E-state index in [4.69, 9.17) is 20.9 Å². The minimum absolute atomic E-state index is 0.254. The Bertz CT molecular complexity index is 602. The van der Waals surface area contributed by atoms with Crippen LogP contribution in [0.5, 0.6) is 0 Å². The summed E-state index contributed by atoms with van der Waals surface area (Å²) >= 11 is 6.17. The maximum Gasteiger partial charge on any atom is 0.495 e. The molecule has 2 amide bonds. The second-order valence-electron chi connectivity index (χ2n) is 6.39. The quantitative estimate of drug-likeness (QED) is 0.783. The topological polar surface area (TPSA) is 59.6 Å². The lowest BCUT2D eigenvalue weighted by Crippen LogP contribution is -2.43. The summed E-state index contributed by atoms with van der Waals surface area (Å²) in [5.41, 5.74) is 1.61. The van der Waals surface area contributed by atoms with Gasteiger partial charge in [-0.1, -0.05) is 17.7 Å². The Balaban J connectivity index is 2.02. The molecular formula is C14H18BClN2O3. The van der Waals surface area contributed by atoms with Crippen LogP contribution in [0.15, 0.2) is 12.1 Å². The summed E-state index contributed by atoms with van der Waals surface area (Å²) in [6.45, 7) is 8.44. The molecule has 1 fully saturated rings. The SMILES string of the molecule is CC1(C)OB(c2ccc(Cl)c3c2CNC(=O)N3)OC1(C)C. The van der Waals surface area contributed by atoms with Crippen molar-refractivity contribution in [2.75, 3.05) is 5.32 Å². The van der Waals surface area contributed by atoms with Gasteiger partial charge in [-0.05, 0) is 44.8 Å². The molecule has 5 nitrogen and oxygen atoms in total. The molecule has 21 heavy (non-hydrogen) atoms. The van der Waals surface area contributed by atoms with Gasteiger partial charge in [0, 0.05) is 6.54 Å². The number of urea groups is 1. The molecule has 2 aliphatic heterocycles. The Morgan fingerprint density at radius 1 is 1.19 bits per heavy atom. The third-order valence-electron chi connectivity index (χ3n) is 4.47. The van der Waals surface area contributed by atoms with E-state index < -0.39 is 18.3 Å². The van der Waals surface area contributed by atoms with Crippen LogP contribution in [-0.4, -0.2) is 24.4 Å². The molecule has 1 saturated heterocycles. The fourth-order valence-corrected chi connectivity index (χ4v) is 2.70. The zero-order chi connectivity index (χ0) is 15.4. The van der Waals surface area contributed by atoms with Crippen LogP contribution in [0.1, 0.15) is 33.3 Å². The summed E-state index contributed by atoms with van der Waals surface area (Å²) < 4.78 is 12.2. The number of anilines is 1. The average molecular weight is 309 g/mol. The number of hydrogen-bond acceptors (Lipinski definition) is 3. The number of halogens is 1. The van der Waals surface area contributed by atoms with Gasteiger partial charge in [-0.3, -0.25) is 0 Å². The van der Waals surface area contributed by atoms with Gasteiger partial charge in [0.25, 0.3) is 0 Å². The van der Waals surface area contributed by atoms with E-state index in [1.807, 2.05) is 33.8 Å². The van der Waals surface area contributed by atoms with Crippen LogP contribution >= 0.6 is 11.6 Å². The zero-order valence-corrected chi connectivity index (χ0v) is 13.3. The van der Waals surface area contributed by atoms with Crippen molar-refractivity contribution >= 4 is 35.9 Å². The Morgan fingerprint density at radius 2 is 1.81 bits per heavy atom. The normalized spacial score (nSPS) is 22.5. The smallest absolute Gasteiger partial charge is 0.399 e. The van der Waals surface area contributed by atoms with Gasteiger partial charge < -0.3 is 19.9 Å².